The van der Waals surface area contributed by atoms with Crippen LogP contribution in [0.4, 0.5) is 0 Å². The van der Waals surface area contributed by atoms with Crippen molar-refractivity contribution in [1.29, 1.82) is 0 Å². The number of carbonyl (C=O) groups excluding carboxylic acids is 4. The number of rotatable bonds is 8. The second kappa shape index (κ2) is 13.2. The third-order valence-corrected chi connectivity index (χ3v) is 13.6. The Labute approximate surface area is 327 Å². The maximum Gasteiger partial charge on any atom is 0.209 e. The number of aromatic hydroxyl groups is 1. The summed E-state index contributed by atoms with van der Waals surface area (Å²) in [6.07, 6.45) is 1.21. The summed E-state index contributed by atoms with van der Waals surface area (Å²) in [5.41, 5.74) is -0.523. The van der Waals surface area contributed by atoms with Crippen molar-refractivity contribution in [3.8, 4) is 5.75 Å². The van der Waals surface area contributed by atoms with E-state index in [0.717, 1.165) is 24.5 Å². The Hall–Kier alpha value is -5.12. The molecular formula is C47H50O9. The zero-order valence-corrected chi connectivity index (χ0v) is 33.2. The van der Waals surface area contributed by atoms with E-state index >= 15 is 0 Å². The molecule has 9 heteroatoms. The topological polar surface area (TPSA) is 169 Å². The molecule has 7 rings (SSSR count). The number of benzene rings is 3. The summed E-state index contributed by atoms with van der Waals surface area (Å²) >= 11 is 0. The van der Waals surface area contributed by atoms with Gasteiger partial charge in [-0.2, -0.15) is 0 Å². The van der Waals surface area contributed by atoms with Crippen LogP contribution in [0.5, 0.6) is 5.75 Å². The predicted molar refractivity (Wildman–Crippen MR) is 212 cm³/mol. The second-order valence-corrected chi connectivity index (χ2v) is 17.4. The fraction of sp³-hybridized carbons (Fsp3) is 0.404. The van der Waals surface area contributed by atoms with Crippen molar-refractivity contribution in [3.05, 3.63) is 122 Å². The number of hydrogen-bond acceptors (Lipinski definition) is 9. The quantitative estimate of drug-likeness (QED) is 0.147. The first kappa shape index (κ1) is 39.1. The van der Waals surface area contributed by atoms with Gasteiger partial charge in [0.15, 0.2) is 17.2 Å². The Kier molecular flexibility index (Phi) is 9.25. The van der Waals surface area contributed by atoms with E-state index in [1.807, 2.05) is 24.3 Å². The lowest BCUT2D eigenvalue weighted by Gasteiger charge is -2.63. The maximum atomic E-state index is 14.6. The number of hydrogen-bond donors (Lipinski definition) is 5. The molecule has 1 unspecified atom stereocenters. The van der Waals surface area contributed by atoms with Crippen LogP contribution in [0.3, 0.4) is 0 Å². The van der Waals surface area contributed by atoms with Crippen LogP contribution in [0.1, 0.15) is 117 Å². The number of fused-ring (bicyclic) bond motifs is 4. The molecule has 3 aromatic rings. The number of aliphatic hydroxyl groups is 4. The molecule has 6 atom stereocenters. The van der Waals surface area contributed by atoms with Gasteiger partial charge < -0.3 is 25.5 Å². The average Bonchev–Trinajstić information content (AvgIpc) is 3.56. The Morgan fingerprint density at radius 1 is 0.911 bits per heavy atom. The molecular weight excluding hydrogens is 709 g/mol. The highest BCUT2D eigenvalue weighted by Gasteiger charge is 2.76. The van der Waals surface area contributed by atoms with Crippen LogP contribution >= 0.6 is 0 Å². The van der Waals surface area contributed by atoms with Crippen LogP contribution in [-0.2, 0) is 33.6 Å². The average molecular weight is 759 g/mol. The van der Waals surface area contributed by atoms with Crippen molar-refractivity contribution >= 4 is 34.8 Å². The summed E-state index contributed by atoms with van der Waals surface area (Å²) in [6.45, 7) is 13.4. The third kappa shape index (κ3) is 5.27. The molecule has 0 heterocycles. The molecule has 9 nitrogen and oxygen atoms in total. The van der Waals surface area contributed by atoms with E-state index in [0.29, 0.717) is 11.5 Å². The van der Waals surface area contributed by atoms with Crippen LogP contribution in [-0.4, -0.2) is 60.4 Å². The maximum absolute atomic E-state index is 14.6. The normalized spacial score (nSPS) is 28.3. The van der Waals surface area contributed by atoms with Gasteiger partial charge >= 0.3 is 0 Å². The first-order valence-corrected chi connectivity index (χ1v) is 19.4. The third-order valence-electron chi connectivity index (χ3n) is 13.6. The van der Waals surface area contributed by atoms with Crippen molar-refractivity contribution in [2.45, 2.75) is 98.2 Å². The summed E-state index contributed by atoms with van der Waals surface area (Å²) in [5, 5.41) is 59.8. The lowest BCUT2D eigenvalue weighted by Crippen LogP contribution is -2.73. The van der Waals surface area contributed by atoms with Crippen LogP contribution < -0.4 is 0 Å². The highest BCUT2D eigenvalue weighted by atomic mass is 16.4. The van der Waals surface area contributed by atoms with Gasteiger partial charge in [0.1, 0.15) is 28.6 Å². The molecule has 0 radical (unpaired) electrons. The summed E-state index contributed by atoms with van der Waals surface area (Å²) in [6, 6.07) is 17.7. The van der Waals surface area contributed by atoms with Gasteiger partial charge in [0.2, 0.25) is 5.78 Å². The minimum atomic E-state index is -2.97. The molecule has 0 aliphatic heterocycles. The molecule has 0 aromatic heterocycles. The van der Waals surface area contributed by atoms with Gasteiger partial charge in [-0.15, -0.1) is 0 Å². The predicted octanol–water partition coefficient (Wildman–Crippen LogP) is 7.45. The van der Waals surface area contributed by atoms with E-state index in [1.165, 1.54) is 29.2 Å². The van der Waals surface area contributed by atoms with E-state index in [4.69, 9.17) is 0 Å². The van der Waals surface area contributed by atoms with Gasteiger partial charge in [-0.3, -0.25) is 19.2 Å². The van der Waals surface area contributed by atoms with Gasteiger partial charge in [0.25, 0.3) is 0 Å². The summed E-state index contributed by atoms with van der Waals surface area (Å²) in [5.74, 6) is -7.41. The SMILES string of the molecule is CC(=O)C1=C(O)C(C(C)C)[C@@]2(C)[C@H](O)[C@]3(C)C(=C(O)[C@@]2(O)C1=O)C(=O)c1c(ccc(CC(=O)Cc2ccc(C4=Cc5ccc(C(C)C)cc5C4)cc2)c1O)[C@H]3C. The summed E-state index contributed by atoms with van der Waals surface area (Å²) in [7, 11) is 0. The molecule has 56 heavy (non-hydrogen) atoms. The fourth-order valence-corrected chi connectivity index (χ4v) is 10.4. The first-order chi connectivity index (χ1) is 26.2. The molecule has 292 valence electrons. The lowest BCUT2D eigenvalue weighted by atomic mass is 9.41. The highest BCUT2D eigenvalue weighted by molar-refractivity contribution is 6.25. The molecule has 0 fully saturated rings. The number of Topliss-reactive ketones (excluding diaryl/α,β-unsaturated/α-hetero) is 4. The smallest absolute Gasteiger partial charge is 0.209 e. The highest BCUT2D eigenvalue weighted by Crippen LogP contribution is 2.67. The molecule has 0 saturated carbocycles. The molecule has 0 spiro atoms. The molecule has 0 amide bonds. The molecule has 3 aromatic carbocycles. The standard InChI is InChI=1S/C47H50O9/c1-22(2)28-13-14-29-19-31(20-32(29)18-28)27-11-9-26(10-12-27)17-33(49)21-30-15-16-34-24(5)45(7)38(41(52)36(34)39(30)50)43(54)47(56)42(53)35(25(6)48)40(51)37(23(3)4)46(47,8)44(45)55/h9-16,18-19,22-24,37,44,50-51,54-56H,17,20-21H2,1-8H3/t24-,37?,44-,45+,46+,47+/m1/s1. The van der Waals surface area contributed by atoms with E-state index < -0.39 is 86.1 Å². The summed E-state index contributed by atoms with van der Waals surface area (Å²) < 4.78 is 0. The number of ketones is 4. The number of phenols is 1. The largest absolute Gasteiger partial charge is 0.511 e. The van der Waals surface area contributed by atoms with E-state index in [2.05, 4.69) is 38.1 Å². The van der Waals surface area contributed by atoms with Gasteiger partial charge in [0, 0.05) is 35.2 Å². The van der Waals surface area contributed by atoms with Gasteiger partial charge in [-0.05, 0) is 70.1 Å². The molecule has 4 aliphatic rings. The van der Waals surface area contributed by atoms with E-state index in [-0.39, 0.29) is 29.8 Å². The van der Waals surface area contributed by atoms with Crippen LogP contribution in [0.25, 0.3) is 11.6 Å². The van der Waals surface area contributed by atoms with Crippen molar-refractivity contribution in [3.63, 3.8) is 0 Å². The molecule has 0 saturated heterocycles. The van der Waals surface area contributed by atoms with Gasteiger partial charge in [0.05, 0.1) is 17.2 Å². The minimum Gasteiger partial charge on any atom is -0.511 e. The second-order valence-electron chi connectivity index (χ2n) is 17.4. The fourth-order valence-electron chi connectivity index (χ4n) is 10.4. The number of phenolic OH excluding ortho intramolecular Hbond substituents is 1. The first-order valence-electron chi connectivity index (χ1n) is 19.4. The Morgan fingerprint density at radius 3 is 2.18 bits per heavy atom. The van der Waals surface area contributed by atoms with Crippen molar-refractivity contribution in [1.82, 2.24) is 0 Å². The van der Waals surface area contributed by atoms with E-state index in [1.54, 1.807) is 39.8 Å². The minimum absolute atomic E-state index is 0.0813. The van der Waals surface area contributed by atoms with Crippen molar-refractivity contribution in [2.24, 2.45) is 22.7 Å². The van der Waals surface area contributed by atoms with Crippen LogP contribution in [0.2, 0.25) is 0 Å². The van der Waals surface area contributed by atoms with Gasteiger partial charge in [-0.1, -0.05) is 109 Å². The van der Waals surface area contributed by atoms with E-state index in [9.17, 15) is 44.7 Å². The van der Waals surface area contributed by atoms with Crippen molar-refractivity contribution < 1.29 is 44.7 Å². The van der Waals surface area contributed by atoms with Gasteiger partial charge in [-0.25, -0.2) is 0 Å². The van der Waals surface area contributed by atoms with Crippen LogP contribution in [0, 0.1) is 22.7 Å². The number of allylic oxidation sites excluding steroid dienone is 2. The summed E-state index contributed by atoms with van der Waals surface area (Å²) in [4.78, 5) is 54.8. The number of aliphatic hydroxyl groups excluding tert-OH is 3. The molecule has 5 N–H and O–H groups in total. The van der Waals surface area contributed by atoms with Crippen LogP contribution in [0.15, 0.2) is 77.3 Å². The molecule has 0 bridgehead atoms. The molecule has 4 aliphatic carbocycles. The zero-order valence-electron chi connectivity index (χ0n) is 33.2. The zero-order chi connectivity index (χ0) is 41.0. The monoisotopic (exact) mass is 758 g/mol. The Balaban J connectivity index is 1.18. The van der Waals surface area contributed by atoms with Crippen molar-refractivity contribution in [2.75, 3.05) is 0 Å². The Bertz CT molecular complexity index is 2340. The number of carbonyl (C=O) groups is 4. The Morgan fingerprint density at radius 2 is 1.57 bits per heavy atom. The lowest BCUT2D eigenvalue weighted by molar-refractivity contribution is -0.211.